The van der Waals surface area contributed by atoms with Crippen LogP contribution in [0.15, 0.2) is 0 Å². The molecule has 0 aromatic carbocycles. The van der Waals surface area contributed by atoms with Crippen molar-refractivity contribution < 1.29 is 9.53 Å². The van der Waals surface area contributed by atoms with Crippen molar-refractivity contribution in [2.75, 3.05) is 5.75 Å². The topological polar surface area (TPSA) is 52.3 Å². The number of carbonyl (C=O) groups excluding carboxylic acids is 1. The molecule has 0 aromatic heterocycles. The number of thiol groups is 1. The second-order valence-electron chi connectivity index (χ2n) is 3.13. The monoisotopic (exact) mass is 189 g/mol. The minimum absolute atomic E-state index is 0.114. The molecule has 0 radical (unpaired) electrons. The van der Waals surface area contributed by atoms with Gasteiger partial charge in [-0.2, -0.15) is 12.6 Å². The molecule has 1 rings (SSSR count). The van der Waals surface area contributed by atoms with E-state index >= 15 is 0 Å². The van der Waals surface area contributed by atoms with Crippen LogP contribution in [-0.4, -0.2) is 23.9 Å². The van der Waals surface area contributed by atoms with Gasteiger partial charge in [0, 0.05) is 5.75 Å². The van der Waals surface area contributed by atoms with Crippen molar-refractivity contribution in [3.8, 4) is 0 Å². The average molecular weight is 189 g/mol. The van der Waals surface area contributed by atoms with Crippen molar-refractivity contribution >= 4 is 18.6 Å². The Morgan fingerprint density at radius 1 is 1.58 bits per heavy atom. The van der Waals surface area contributed by atoms with Crippen molar-refractivity contribution in [1.82, 2.24) is 0 Å². The highest BCUT2D eigenvalue weighted by atomic mass is 32.1. The second kappa shape index (κ2) is 4.72. The molecule has 0 bridgehead atoms. The molecule has 4 heteroatoms. The van der Waals surface area contributed by atoms with Crippen molar-refractivity contribution in [2.24, 2.45) is 5.73 Å². The Bertz CT molecular complexity index is 157. The van der Waals surface area contributed by atoms with Crippen LogP contribution < -0.4 is 5.73 Å². The van der Waals surface area contributed by atoms with Crippen LogP contribution in [0.25, 0.3) is 0 Å². The first kappa shape index (κ1) is 9.86. The van der Waals surface area contributed by atoms with E-state index < -0.39 is 6.04 Å². The van der Waals surface area contributed by atoms with Crippen LogP contribution in [0.2, 0.25) is 0 Å². The molecular formula is C8H15NO2S. The third kappa shape index (κ3) is 2.68. The lowest BCUT2D eigenvalue weighted by Gasteiger charge is -2.13. The molecule has 0 aromatic rings. The number of esters is 1. The minimum Gasteiger partial charge on any atom is -0.461 e. The maximum Gasteiger partial charge on any atom is 0.324 e. The molecule has 1 fully saturated rings. The van der Waals surface area contributed by atoms with Gasteiger partial charge in [-0.3, -0.25) is 4.79 Å². The van der Waals surface area contributed by atoms with Gasteiger partial charge in [0.2, 0.25) is 0 Å². The van der Waals surface area contributed by atoms with E-state index in [9.17, 15) is 4.79 Å². The Balaban J connectivity index is 2.25. The zero-order chi connectivity index (χ0) is 8.97. The molecule has 1 unspecified atom stereocenters. The zero-order valence-electron chi connectivity index (χ0n) is 7.03. The highest BCUT2D eigenvalue weighted by molar-refractivity contribution is 7.80. The SMILES string of the molecule is NC(CS)C(=O)OC1CCCC1. The third-order valence-electron chi connectivity index (χ3n) is 2.08. The summed E-state index contributed by atoms with van der Waals surface area (Å²) >= 11 is 3.93. The van der Waals surface area contributed by atoms with E-state index in [4.69, 9.17) is 10.5 Å². The van der Waals surface area contributed by atoms with Crippen LogP contribution in [0.5, 0.6) is 0 Å². The van der Waals surface area contributed by atoms with Crippen LogP contribution >= 0.6 is 12.6 Å². The van der Waals surface area contributed by atoms with E-state index in [1.165, 1.54) is 0 Å². The van der Waals surface area contributed by atoms with Crippen molar-refractivity contribution in [3.05, 3.63) is 0 Å². The molecule has 1 aliphatic rings. The Morgan fingerprint density at radius 3 is 2.67 bits per heavy atom. The van der Waals surface area contributed by atoms with Gasteiger partial charge < -0.3 is 10.5 Å². The molecule has 0 aliphatic heterocycles. The largest absolute Gasteiger partial charge is 0.461 e. The minimum atomic E-state index is -0.561. The van der Waals surface area contributed by atoms with E-state index in [2.05, 4.69) is 12.6 Å². The normalized spacial score (nSPS) is 20.8. The van der Waals surface area contributed by atoms with Crippen molar-refractivity contribution in [3.63, 3.8) is 0 Å². The lowest BCUT2D eigenvalue weighted by Crippen LogP contribution is -2.35. The van der Waals surface area contributed by atoms with Crippen LogP contribution in [-0.2, 0) is 9.53 Å². The van der Waals surface area contributed by atoms with Crippen molar-refractivity contribution in [1.29, 1.82) is 0 Å². The Labute approximate surface area is 78.1 Å². The molecule has 12 heavy (non-hydrogen) atoms. The second-order valence-corrected chi connectivity index (χ2v) is 3.50. The van der Waals surface area contributed by atoms with Gasteiger partial charge in [-0.05, 0) is 25.7 Å². The summed E-state index contributed by atoms with van der Waals surface area (Å²) in [7, 11) is 0. The van der Waals surface area contributed by atoms with Gasteiger partial charge in [0.1, 0.15) is 12.1 Å². The summed E-state index contributed by atoms with van der Waals surface area (Å²) < 4.78 is 5.15. The molecule has 1 atom stereocenters. The standard InChI is InChI=1S/C8H15NO2S/c9-7(5-12)8(10)11-6-3-1-2-4-6/h6-7,12H,1-5,9H2. The Hall–Kier alpha value is -0.220. The number of rotatable bonds is 3. The molecule has 0 amide bonds. The van der Waals surface area contributed by atoms with E-state index in [1.54, 1.807) is 0 Å². The van der Waals surface area contributed by atoms with Gasteiger partial charge in [0.05, 0.1) is 0 Å². The van der Waals surface area contributed by atoms with Crippen LogP contribution in [0, 0.1) is 0 Å². The van der Waals surface area contributed by atoms with Crippen molar-refractivity contribution in [2.45, 2.75) is 37.8 Å². The smallest absolute Gasteiger partial charge is 0.324 e. The van der Waals surface area contributed by atoms with Gasteiger partial charge in [-0.25, -0.2) is 0 Å². The van der Waals surface area contributed by atoms with Gasteiger partial charge in [0.25, 0.3) is 0 Å². The fourth-order valence-electron chi connectivity index (χ4n) is 1.33. The van der Waals surface area contributed by atoms with E-state index in [1.807, 2.05) is 0 Å². The molecule has 0 saturated heterocycles. The quantitative estimate of drug-likeness (QED) is 0.508. The molecule has 3 nitrogen and oxygen atoms in total. The summed E-state index contributed by atoms with van der Waals surface area (Å²) in [6.07, 6.45) is 4.42. The van der Waals surface area contributed by atoms with E-state index in [-0.39, 0.29) is 12.1 Å². The summed E-state index contributed by atoms with van der Waals surface area (Å²) in [5, 5.41) is 0. The van der Waals surface area contributed by atoms with Gasteiger partial charge in [-0.1, -0.05) is 0 Å². The molecule has 70 valence electrons. The van der Waals surface area contributed by atoms with E-state index in [0.29, 0.717) is 5.75 Å². The first-order valence-electron chi connectivity index (χ1n) is 4.31. The van der Waals surface area contributed by atoms with Crippen LogP contribution in [0.1, 0.15) is 25.7 Å². The first-order chi connectivity index (χ1) is 5.74. The van der Waals surface area contributed by atoms with Gasteiger partial charge in [-0.15, -0.1) is 0 Å². The highest BCUT2D eigenvalue weighted by Crippen LogP contribution is 2.21. The molecule has 2 N–H and O–H groups in total. The maximum atomic E-state index is 11.1. The lowest BCUT2D eigenvalue weighted by molar-refractivity contribution is -0.149. The number of ether oxygens (including phenoxy) is 1. The molecule has 1 aliphatic carbocycles. The Morgan fingerprint density at radius 2 is 2.17 bits per heavy atom. The summed E-state index contributed by atoms with van der Waals surface area (Å²) in [4.78, 5) is 11.1. The summed E-state index contributed by atoms with van der Waals surface area (Å²) in [6.45, 7) is 0. The summed E-state index contributed by atoms with van der Waals surface area (Å²) in [5.41, 5.74) is 5.44. The van der Waals surface area contributed by atoms with Crippen LogP contribution in [0.3, 0.4) is 0 Å². The van der Waals surface area contributed by atoms with E-state index in [0.717, 1.165) is 25.7 Å². The number of hydrogen-bond donors (Lipinski definition) is 2. The summed E-state index contributed by atoms with van der Waals surface area (Å²) in [6, 6.07) is -0.561. The number of hydrogen-bond acceptors (Lipinski definition) is 4. The predicted octanol–water partition coefficient (Wildman–Crippen LogP) is 0.729. The maximum absolute atomic E-state index is 11.1. The number of nitrogens with two attached hydrogens (primary N) is 1. The fraction of sp³-hybridized carbons (Fsp3) is 0.875. The third-order valence-corrected chi connectivity index (χ3v) is 2.48. The van der Waals surface area contributed by atoms with Gasteiger partial charge in [0.15, 0.2) is 0 Å². The van der Waals surface area contributed by atoms with Gasteiger partial charge >= 0.3 is 5.97 Å². The molecular weight excluding hydrogens is 174 g/mol. The average Bonchev–Trinajstić information content (AvgIpc) is 2.55. The first-order valence-corrected chi connectivity index (χ1v) is 4.94. The van der Waals surface area contributed by atoms with Crippen LogP contribution in [0.4, 0.5) is 0 Å². The molecule has 0 heterocycles. The zero-order valence-corrected chi connectivity index (χ0v) is 7.93. The fourth-order valence-corrected chi connectivity index (χ4v) is 1.48. The number of carbonyl (C=O) groups is 1. The summed E-state index contributed by atoms with van der Waals surface area (Å²) in [5.74, 6) is 0.0443. The molecule has 1 saturated carbocycles. The highest BCUT2D eigenvalue weighted by Gasteiger charge is 2.21. The molecule has 0 spiro atoms. The Kier molecular flexibility index (Phi) is 3.88. The predicted molar refractivity (Wildman–Crippen MR) is 50.2 cm³/mol. The lowest BCUT2D eigenvalue weighted by atomic mass is 10.3.